The quantitative estimate of drug-likeness (QED) is 0.761. The van der Waals surface area contributed by atoms with Gasteiger partial charge in [0.15, 0.2) is 0 Å². The molecule has 0 radical (unpaired) electrons. The topological polar surface area (TPSA) is 24.9 Å². The average molecular weight is 220 g/mol. The third-order valence-corrected chi connectivity index (χ3v) is 2.99. The van der Waals surface area contributed by atoms with Gasteiger partial charge in [-0.05, 0) is 37.0 Å². The average Bonchev–Trinajstić information content (AvgIpc) is 2.28. The number of nitrogens with zero attached hydrogens (tertiary/aromatic N) is 1. The lowest BCUT2D eigenvalue weighted by Gasteiger charge is -2.18. The van der Waals surface area contributed by atoms with E-state index in [-0.39, 0.29) is 0 Å². The van der Waals surface area contributed by atoms with E-state index in [1.807, 2.05) is 12.4 Å². The van der Waals surface area contributed by atoms with Crippen LogP contribution in [0.4, 0.5) is 0 Å². The summed E-state index contributed by atoms with van der Waals surface area (Å²) in [6.45, 7) is 7.60. The van der Waals surface area contributed by atoms with Gasteiger partial charge in [-0.25, -0.2) is 0 Å². The Kier molecular flexibility index (Phi) is 6.09. The summed E-state index contributed by atoms with van der Waals surface area (Å²) in [5.74, 6) is 0. The third-order valence-electron chi connectivity index (χ3n) is 2.99. The molecular weight excluding hydrogens is 196 g/mol. The fourth-order valence-electron chi connectivity index (χ4n) is 2.00. The van der Waals surface area contributed by atoms with Crippen LogP contribution in [0.15, 0.2) is 18.5 Å². The van der Waals surface area contributed by atoms with Gasteiger partial charge in [-0.2, -0.15) is 0 Å². The lowest BCUT2D eigenvalue weighted by atomic mass is 10.1. The van der Waals surface area contributed by atoms with Crippen LogP contribution in [0, 0.1) is 6.92 Å². The van der Waals surface area contributed by atoms with Crippen molar-refractivity contribution in [3.05, 3.63) is 29.6 Å². The minimum absolute atomic E-state index is 0.669. The highest BCUT2D eigenvalue weighted by molar-refractivity contribution is 5.21. The Balaban J connectivity index is 2.45. The van der Waals surface area contributed by atoms with E-state index >= 15 is 0 Å². The molecule has 1 aromatic rings. The van der Waals surface area contributed by atoms with Crippen molar-refractivity contribution in [1.82, 2.24) is 10.3 Å². The Labute approximate surface area is 99.5 Å². The second-order valence-corrected chi connectivity index (χ2v) is 4.46. The minimum atomic E-state index is 0.669. The number of aromatic nitrogens is 1. The highest BCUT2D eigenvalue weighted by atomic mass is 14.9. The number of hydrogen-bond donors (Lipinski definition) is 1. The predicted octanol–water partition coefficient (Wildman–Crippen LogP) is 3.45. The molecule has 1 heterocycles. The van der Waals surface area contributed by atoms with Crippen LogP contribution in [-0.2, 0) is 6.54 Å². The molecule has 0 aliphatic heterocycles. The van der Waals surface area contributed by atoms with E-state index in [0.717, 1.165) is 6.54 Å². The predicted molar refractivity (Wildman–Crippen MR) is 69.4 cm³/mol. The van der Waals surface area contributed by atoms with Gasteiger partial charge in [0.05, 0.1) is 0 Å². The highest BCUT2D eigenvalue weighted by Crippen LogP contribution is 2.08. The van der Waals surface area contributed by atoms with Crippen molar-refractivity contribution >= 4 is 0 Å². The molecule has 0 saturated heterocycles. The zero-order valence-electron chi connectivity index (χ0n) is 10.8. The number of hydrogen-bond acceptors (Lipinski definition) is 2. The zero-order valence-corrected chi connectivity index (χ0v) is 10.8. The van der Waals surface area contributed by atoms with Crippen molar-refractivity contribution in [2.24, 2.45) is 0 Å². The highest BCUT2D eigenvalue weighted by Gasteiger charge is 2.06. The standard InChI is InChI=1S/C14H24N2/c1-4-6-14(7-5-2)16-11-13-8-9-15-10-12(13)3/h8-10,14,16H,4-7,11H2,1-3H3. The fraction of sp³-hybridized carbons (Fsp3) is 0.643. The second-order valence-electron chi connectivity index (χ2n) is 4.46. The summed E-state index contributed by atoms with van der Waals surface area (Å²) in [7, 11) is 0. The van der Waals surface area contributed by atoms with E-state index in [0.29, 0.717) is 6.04 Å². The molecule has 2 heteroatoms. The molecule has 0 fully saturated rings. The first-order valence-corrected chi connectivity index (χ1v) is 6.40. The van der Waals surface area contributed by atoms with E-state index in [9.17, 15) is 0 Å². The first-order valence-electron chi connectivity index (χ1n) is 6.40. The molecule has 1 aromatic heterocycles. The Morgan fingerprint density at radius 3 is 2.50 bits per heavy atom. The Hall–Kier alpha value is -0.890. The lowest BCUT2D eigenvalue weighted by molar-refractivity contribution is 0.442. The Morgan fingerprint density at radius 1 is 1.25 bits per heavy atom. The van der Waals surface area contributed by atoms with Crippen LogP contribution in [0.3, 0.4) is 0 Å². The molecule has 1 rings (SSSR count). The SMILES string of the molecule is CCCC(CCC)NCc1ccncc1C. The molecule has 2 nitrogen and oxygen atoms in total. The second kappa shape index (κ2) is 7.39. The summed E-state index contributed by atoms with van der Waals surface area (Å²) >= 11 is 0. The molecule has 1 N–H and O–H groups in total. The fourth-order valence-corrected chi connectivity index (χ4v) is 2.00. The molecule has 0 atom stereocenters. The summed E-state index contributed by atoms with van der Waals surface area (Å²) < 4.78 is 0. The smallest absolute Gasteiger partial charge is 0.0300 e. The van der Waals surface area contributed by atoms with Gasteiger partial charge in [0.25, 0.3) is 0 Å². The Morgan fingerprint density at radius 2 is 1.94 bits per heavy atom. The largest absolute Gasteiger partial charge is 0.310 e. The summed E-state index contributed by atoms with van der Waals surface area (Å²) in [5.41, 5.74) is 2.65. The molecule has 0 aliphatic carbocycles. The molecule has 16 heavy (non-hydrogen) atoms. The van der Waals surface area contributed by atoms with Crippen molar-refractivity contribution in [3.8, 4) is 0 Å². The van der Waals surface area contributed by atoms with Crippen LogP contribution in [0.2, 0.25) is 0 Å². The van der Waals surface area contributed by atoms with Crippen LogP contribution < -0.4 is 5.32 Å². The lowest BCUT2D eigenvalue weighted by Crippen LogP contribution is -2.28. The summed E-state index contributed by atoms with van der Waals surface area (Å²) in [6.07, 6.45) is 8.88. The summed E-state index contributed by atoms with van der Waals surface area (Å²) in [5, 5.41) is 3.65. The molecular formula is C14H24N2. The number of rotatable bonds is 7. The number of aryl methyl sites for hydroxylation is 1. The van der Waals surface area contributed by atoms with Crippen molar-refractivity contribution in [2.45, 2.75) is 59.0 Å². The first-order chi connectivity index (χ1) is 7.77. The molecule has 0 spiro atoms. The van der Waals surface area contributed by atoms with Gasteiger partial charge in [-0.3, -0.25) is 4.98 Å². The van der Waals surface area contributed by atoms with E-state index in [1.54, 1.807) is 0 Å². The van der Waals surface area contributed by atoms with Gasteiger partial charge in [0, 0.05) is 25.0 Å². The zero-order chi connectivity index (χ0) is 11.8. The van der Waals surface area contributed by atoms with Crippen LogP contribution in [0.25, 0.3) is 0 Å². The Bertz CT molecular complexity index is 291. The summed E-state index contributed by atoms with van der Waals surface area (Å²) in [6, 6.07) is 2.78. The normalized spacial score (nSPS) is 11.0. The summed E-state index contributed by atoms with van der Waals surface area (Å²) in [4.78, 5) is 4.12. The van der Waals surface area contributed by atoms with Crippen molar-refractivity contribution < 1.29 is 0 Å². The van der Waals surface area contributed by atoms with E-state index in [4.69, 9.17) is 0 Å². The van der Waals surface area contributed by atoms with Crippen LogP contribution in [0.1, 0.15) is 50.7 Å². The number of pyridine rings is 1. The molecule has 0 aromatic carbocycles. The molecule has 0 unspecified atom stereocenters. The van der Waals surface area contributed by atoms with Gasteiger partial charge in [-0.1, -0.05) is 26.7 Å². The number of nitrogens with one attached hydrogen (secondary N) is 1. The maximum Gasteiger partial charge on any atom is 0.0300 e. The molecule has 0 bridgehead atoms. The molecule has 0 aliphatic rings. The molecule has 0 saturated carbocycles. The van der Waals surface area contributed by atoms with Crippen molar-refractivity contribution in [3.63, 3.8) is 0 Å². The van der Waals surface area contributed by atoms with Gasteiger partial charge in [0.2, 0.25) is 0 Å². The first kappa shape index (κ1) is 13.2. The maximum absolute atomic E-state index is 4.12. The minimum Gasteiger partial charge on any atom is -0.310 e. The van der Waals surface area contributed by atoms with Gasteiger partial charge < -0.3 is 5.32 Å². The molecule has 90 valence electrons. The third kappa shape index (κ3) is 4.31. The van der Waals surface area contributed by atoms with E-state index < -0.39 is 0 Å². The van der Waals surface area contributed by atoms with Gasteiger partial charge in [-0.15, -0.1) is 0 Å². The van der Waals surface area contributed by atoms with Gasteiger partial charge >= 0.3 is 0 Å². The van der Waals surface area contributed by atoms with Crippen LogP contribution in [0.5, 0.6) is 0 Å². The van der Waals surface area contributed by atoms with E-state index in [1.165, 1.54) is 36.8 Å². The monoisotopic (exact) mass is 220 g/mol. The van der Waals surface area contributed by atoms with Crippen LogP contribution >= 0.6 is 0 Å². The van der Waals surface area contributed by atoms with Gasteiger partial charge in [0.1, 0.15) is 0 Å². The van der Waals surface area contributed by atoms with Crippen molar-refractivity contribution in [1.29, 1.82) is 0 Å². The van der Waals surface area contributed by atoms with Crippen LogP contribution in [-0.4, -0.2) is 11.0 Å². The maximum atomic E-state index is 4.12. The van der Waals surface area contributed by atoms with E-state index in [2.05, 4.69) is 37.1 Å². The van der Waals surface area contributed by atoms with Crippen molar-refractivity contribution in [2.75, 3.05) is 0 Å². The molecule has 0 amide bonds.